The van der Waals surface area contributed by atoms with E-state index in [-0.39, 0.29) is 0 Å². The third kappa shape index (κ3) is 7.34. The van der Waals surface area contributed by atoms with Crippen LogP contribution in [0.5, 0.6) is 0 Å². The van der Waals surface area contributed by atoms with E-state index >= 15 is 0 Å². The minimum Gasteiger partial charge on any atom is -0.381 e. The molecule has 0 radical (unpaired) electrons. The van der Waals surface area contributed by atoms with Gasteiger partial charge in [-0.15, -0.1) is 0 Å². The van der Waals surface area contributed by atoms with Gasteiger partial charge in [-0.25, -0.2) is 0 Å². The zero-order chi connectivity index (χ0) is 13.2. The molecule has 1 saturated carbocycles. The molecule has 2 heteroatoms. The molecular formula is C17H27NO. The minimum atomic E-state index is 0.894. The van der Waals surface area contributed by atoms with Crippen molar-refractivity contribution < 1.29 is 4.74 Å². The molecule has 0 heterocycles. The van der Waals surface area contributed by atoms with Crippen LogP contribution in [0.3, 0.4) is 0 Å². The molecule has 1 N–H and O–H groups in total. The second kappa shape index (κ2) is 9.11. The van der Waals surface area contributed by atoms with Gasteiger partial charge in [0.15, 0.2) is 0 Å². The second-order valence-corrected chi connectivity index (χ2v) is 5.56. The molecule has 1 aromatic carbocycles. The number of aryl methyl sites for hydroxylation is 1. The van der Waals surface area contributed by atoms with Crippen LogP contribution in [0.1, 0.15) is 37.7 Å². The standard InChI is InChI=1S/C17H27NO/c1-2-7-16(8-3-1)9-4-5-12-18-13-6-14-19-15-17-10-11-17/h1-3,7-8,17-18H,4-6,9-15H2. The smallest absolute Gasteiger partial charge is 0.0494 e. The molecule has 1 aliphatic carbocycles. The van der Waals surface area contributed by atoms with Gasteiger partial charge in [-0.1, -0.05) is 30.3 Å². The van der Waals surface area contributed by atoms with Crippen molar-refractivity contribution in [1.82, 2.24) is 5.32 Å². The molecule has 2 rings (SSSR count). The van der Waals surface area contributed by atoms with Gasteiger partial charge >= 0.3 is 0 Å². The van der Waals surface area contributed by atoms with E-state index in [1.807, 2.05) is 0 Å². The van der Waals surface area contributed by atoms with E-state index in [1.165, 1.54) is 37.7 Å². The second-order valence-electron chi connectivity index (χ2n) is 5.56. The molecular weight excluding hydrogens is 234 g/mol. The summed E-state index contributed by atoms with van der Waals surface area (Å²) in [4.78, 5) is 0. The maximum absolute atomic E-state index is 5.60. The molecule has 0 spiro atoms. The Morgan fingerprint density at radius 2 is 1.79 bits per heavy atom. The molecule has 106 valence electrons. The first kappa shape index (κ1) is 14.5. The van der Waals surface area contributed by atoms with Gasteiger partial charge in [-0.05, 0) is 63.1 Å². The van der Waals surface area contributed by atoms with Crippen LogP contribution in [0.15, 0.2) is 30.3 Å². The average molecular weight is 261 g/mol. The Bertz CT molecular complexity index is 321. The Balaban J connectivity index is 1.32. The lowest BCUT2D eigenvalue weighted by Crippen LogP contribution is -2.18. The number of benzene rings is 1. The van der Waals surface area contributed by atoms with Crippen molar-refractivity contribution in [2.75, 3.05) is 26.3 Å². The summed E-state index contributed by atoms with van der Waals surface area (Å²) in [7, 11) is 0. The monoisotopic (exact) mass is 261 g/mol. The SMILES string of the molecule is c1ccc(CCCCNCCCOCC2CC2)cc1. The highest BCUT2D eigenvalue weighted by Crippen LogP contribution is 2.28. The van der Waals surface area contributed by atoms with Crippen molar-refractivity contribution in [3.05, 3.63) is 35.9 Å². The summed E-state index contributed by atoms with van der Waals surface area (Å²) < 4.78 is 5.60. The fourth-order valence-corrected chi connectivity index (χ4v) is 2.18. The van der Waals surface area contributed by atoms with E-state index < -0.39 is 0 Å². The molecule has 0 bridgehead atoms. The minimum absolute atomic E-state index is 0.894. The van der Waals surface area contributed by atoms with Gasteiger partial charge in [-0.2, -0.15) is 0 Å². The summed E-state index contributed by atoms with van der Waals surface area (Å²) in [6, 6.07) is 10.7. The quantitative estimate of drug-likeness (QED) is 0.616. The van der Waals surface area contributed by atoms with E-state index in [0.29, 0.717) is 0 Å². The molecule has 1 fully saturated rings. The Morgan fingerprint density at radius 3 is 2.58 bits per heavy atom. The predicted molar refractivity (Wildman–Crippen MR) is 80.4 cm³/mol. The number of rotatable bonds is 11. The van der Waals surface area contributed by atoms with E-state index in [2.05, 4.69) is 35.6 Å². The van der Waals surface area contributed by atoms with Crippen molar-refractivity contribution in [2.24, 2.45) is 5.92 Å². The van der Waals surface area contributed by atoms with E-state index in [1.54, 1.807) is 0 Å². The molecule has 0 unspecified atom stereocenters. The first-order valence-corrected chi connectivity index (χ1v) is 7.77. The van der Waals surface area contributed by atoms with Gasteiger partial charge < -0.3 is 10.1 Å². The third-order valence-corrected chi connectivity index (χ3v) is 3.60. The van der Waals surface area contributed by atoms with Crippen LogP contribution in [0, 0.1) is 5.92 Å². The lowest BCUT2D eigenvalue weighted by Gasteiger charge is -2.06. The van der Waals surface area contributed by atoms with Crippen molar-refractivity contribution in [3.63, 3.8) is 0 Å². The van der Waals surface area contributed by atoms with Crippen LogP contribution in [-0.2, 0) is 11.2 Å². The summed E-state index contributed by atoms with van der Waals surface area (Å²) in [5, 5.41) is 3.50. The molecule has 2 nitrogen and oxygen atoms in total. The highest BCUT2D eigenvalue weighted by molar-refractivity contribution is 5.14. The Morgan fingerprint density at radius 1 is 1.00 bits per heavy atom. The van der Waals surface area contributed by atoms with Crippen LogP contribution in [0.2, 0.25) is 0 Å². The lowest BCUT2D eigenvalue weighted by atomic mass is 10.1. The molecule has 19 heavy (non-hydrogen) atoms. The fraction of sp³-hybridized carbons (Fsp3) is 0.647. The Kier molecular flexibility index (Phi) is 6.97. The van der Waals surface area contributed by atoms with Gasteiger partial charge in [0.2, 0.25) is 0 Å². The summed E-state index contributed by atoms with van der Waals surface area (Å²) in [5.74, 6) is 0.894. The summed E-state index contributed by atoms with van der Waals surface area (Å²) in [6.45, 7) is 4.15. The van der Waals surface area contributed by atoms with Crippen LogP contribution in [0.4, 0.5) is 0 Å². The Labute approximate surface area is 117 Å². The topological polar surface area (TPSA) is 21.3 Å². The van der Waals surface area contributed by atoms with Gasteiger partial charge in [0, 0.05) is 13.2 Å². The zero-order valence-electron chi connectivity index (χ0n) is 11.9. The van der Waals surface area contributed by atoms with Crippen LogP contribution >= 0.6 is 0 Å². The largest absolute Gasteiger partial charge is 0.381 e. The predicted octanol–water partition coefficient (Wildman–Crippen LogP) is 3.42. The van der Waals surface area contributed by atoms with E-state index in [0.717, 1.165) is 38.6 Å². The molecule has 0 amide bonds. The first-order chi connectivity index (χ1) is 9.45. The number of hydrogen-bond acceptors (Lipinski definition) is 2. The van der Waals surface area contributed by atoms with Crippen LogP contribution < -0.4 is 5.32 Å². The molecule has 0 aliphatic heterocycles. The molecule has 0 aromatic heterocycles. The molecule has 1 aliphatic rings. The zero-order valence-corrected chi connectivity index (χ0v) is 11.9. The highest BCUT2D eigenvalue weighted by Gasteiger charge is 2.20. The van der Waals surface area contributed by atoms with E-state index in [4.69, 9.17) is 4.74 Å². The number of ether oxygens (including phenoxy) is 1. The number of hydrogen-bond donors (Lipinski definition) is 1. The normalized spacial score (nSPS) is 14.7. The first-order valence-electron chi connectivity index (χ1n) is 7.77. The van der Waals surface area contributed by atoms with Crippen molar-refractivity contribution in [2.45, 2.75) is 38.5 Å². The van der Waals surface area contributed by atoms with Crippen molar-refractivity contribution in [3.8, 4) is 0 Å². The van der Waals surface area contributed by atoms with Crippen molar-refractivity contribution in [1.29, 1.82) is 0 Å². The average Bonchev–Trinajstić information content (AvgIpc) is 3.26. The fourth-order valence-electron chi connectivity index (χ4n) is 2.18. The summed E-state index contributed by atoms with van der Waals surface area (Å²) >= 11 is 0. The van der Waals surface area contributed by atoms with E-state index in [9.17, 15) is 0 Å². The maximum Gasteiger partial charge on any atom is 0.0494 e. The maximum atomic E-state index is 5.60. The molecule has 0 atom stereocenters. The molecule has 0 saturated heterocycles. The Hall–Kier alpha value is -0.860. The summed E-state index contributed by atoms with van der Waals surface area (Å²) in [6.07, 6.45) is 7.66. The van der Waals surface area contributed by atoms with Gasteiger partial charge in [0.05, 0.1) is 0 Å². The highest BCUT2D eigenvalue weighted by atomic mass is 16.5. The third-order valence-electron chi connectivity index (χ3n) is 3.60. The lowest BCUT2D eigenvalue weighted by molar-refractivity contribution is 0.122. The van der Waals surface area contributed by atoms with Crippen molar-refractivity contribution >= 4 is 0 Å². The van der Waals surface area contributed by atoms with Gasteiger partial charge in [0.1, 0.15) is 0 Å². The van der Waals surface area contributed by atoms with Crippen LogP contribution in [0.25, 0.3) is 0 Å². The number of nitrogens with one attached hydrogen (secondary N) is 1. The van der Waals surface area contributed by atoms with Gasteiger partial charge in [-0.3, -0.25) is 0 Å². The van der Waals surface area contributed by atoms with Gasteiger partial charge in [0.25, 0.3) is 0 Å². The summed E-state index contributed by atoms with van der Waals surface area (Å²) in [5.41, 5.74) is 1.45. The molecule has 1 aromatic rings. The number of unbranched alkanes of at least 4 members (excludes halogenated alkanes) is 1. The van der Waals surface area contributed by atoms with Crippen LogP contribution in [-0.4, -0.2) is 26.3 Å².